The quantitative estimate of drug-likeness (QED) is 0.306. The Morgan fingerprint density at radius 2 is 1.69 bits per heavy atom. The smallest absolute Gasteiger partial charge is 0.229 e. The lowest BCUT2D eigenvalue weighted by molar-refractivity contribution is -0.247. The Morgan fingerprint density at radius 1 is 0.922 bits per heavy atom. The highest BCUT2D eigenvalue weighted by Gasteiger charge is 2.72. The zero-order valence-electron chi connectivity index (χ0n) is 33.3. The summed E-state index contributed by atoms with van der Waals surface area (Å²) in [6.45, 7) is 22.3. The number of carbonyl (C=O) groups is 1. The molecule has 1 aromatic carbocycles. The Labute approximate surface area is 308 Å². The molecule has 0 bridgehead atoms. The predicted octanol–water partition coefficient (Wildman–Crippen LogP) is 9.28. The largest absolute Gasteiger partial charge is 0.393 e. The monoisotopic (exact) mass is 697 g/mol. The molecule has 5 saturated carbocycles. The normalized spacial score (nSPS) is 43.1. The number of imidazole rings is 1. The average Bonchev–Trinajstić information content (AvgIpc) is 3.81. The summed E-state index contributed by atoms with van der Waals surface area (Å²) in [5.74, 6) is 4.09. The Bertz CT molecular complexity index is 1690. The molecule has 0 spiro atoms. The van der Waals surface area contributed by atoms with Crippen molar-refractivity contribution in [2.75, 3.05) is 27.2 Å². The minimum absolute atomic E-state index is 0.0317. The van der Waals surface area contributed by atoms with Crippen molar-refractivity contribution in [3.8, 4) is 0 Å². The van der Waals surface area contributed by atoms with Gasteiger partial charge in [0, 0.05) is 19.6 Å². The molecule has 1 N–H and O–H groups in total. The van der Waals surface area contributed by atoms with E-state index in [1.807, 2.05) is 0 Å². The van der Waals surface area contributed by atoms with Gasteiger partial charge in [-0.1, -0.05) is 58.9 Å². The standard InChI is InChI=1S/C45H68N4O2/c1-29(2)30-18-23-45(40(51)49-26-12-15-34(49)39-46-32-13-10-11-14-33(32)48(39)28-27-47(8)9)25-24-43(6)31(38(30)45)16-17-36-42(5)21-20-37(50)41(3,4)35(42)19-22-44(36,43)7/h10-11,13-14,30-31,34-38,50H,1,12,15-28H2,2-9H3/t30-,31+,34-,35-,36+,37-,38+,42-,43?,44+,45?/m0/s1. The van der Waals surface area contributed by atoms with Gasteiger partial charge in [0.2, 0.25) is 5.91 Å². The predicted molar refractivity (Wildman–Crippen MR) is 207 cm³/mol. The van der Waals surface area contributed by atoms with Gasteiger partial charge in [0.05, 0.1) is 28.6 Å². The number of fused-ring (bicyclic) bond motifs is 8. The van der Waals surface area contributed by atoms with Crippen molar-refractivity contribution in [2.24, 2.45) is 56.7 Å². The fourth-order valence-electron chi connectivity index (χ4n) is 14.9. The van der Waals surface area contributed by atoms with Crippen LogP contribution in [0.15, 0.2) is 36.4 Å². The van der Waals surface area contributed by atoms with Crippen LogP contribution in [0.1, 0.15) is 130 Å². The first-order valence-corrected chi connectivity index (χ1v) is 20.8. The number of aromatic nitrogens is 2. The molecule has 1 saturated heterocycles. The summed E-state index contributed by atoms with van der Waals surface area (Å²) < 4.78 is 2.43. The number of aliphatic hydroxyl groups is 1. The summed E-state index contributed by atoms with van der Waals surface area (Å²) >= 11 is 0. The topological polar surface area (TPSA) is 61.6 Å². The molecule has 51 heavy (non-hydrogen) atoms. The number of allylic oxidation sites excluding steroid dienone is 1. The van der Waals surface area contributed by atoms with Gasteiger partial charge < -0.3 is 19.5 Å². The number of para-hydroxylation sites is 2. The van der Waals surface area contributed by atoms with E-state index in [9.17, 15) is 5.11 Å². The van der Waals surface area contributed by atoms with Gasteiger partial charge in [-0.25, -0.2) is 4.98 Å². The fraction of sp³-hybridized carbons (Fsp3) is 0.778. The molecule has 2 unspecified atom stereocenters. The summed E-state index contributed by atoms with van der Waals surface area (Å²) in [5.41, 5.74) is 3.89. The number of amides is 1. The summed E-state index contributed by atoms with van der Waals surface area (Å²) in [6.07, 6.45) is 13.2. The molecule has 6 aliphatic rings. The van der Waals surface area contributed by atoms with Crippen molar-refractivity contribution in [2.45, 2.75) is 137 Å². The average molecular weight is 697 g/mol. The van der Waals surface area contributed by atoms with Crippen LogP contribution in [0.3, 0.4) is 0 Å². The van der Waals surface area contributed by atoms with Gasteiger partial charge in [0.25, 0.3) is 0 Å². The van der Waals surface area contributed by atoms with Gasteiger partial charge in [0.1, 0.15) is 5.82 Å². The molecular formula is C45H68N4O2. The lowest BCUT2D eigenvalue weighted by atomic mass is 9.32. The van der Waals surface area contributed by atoms with E-state index in [2.05, 4.69) is 101 Å². The van der Waals surface area contributed by atoms with E-state index < -0.39 is 0 Å². The number of likely N-dealkylation sites (N-methyl/N-ethyl adjacent to an activating group) is 1. The number of benzene rings is 1. The molecule has 6 nitrogen and oxygen atoms in total. The maximum absolute atomic E-state index is 15.7. The van der Waals surface area contributed by atoms with E-state index >= 15 is 4.79 Å². The van der Waals surface area contributed by atoms with E-state index in [0.29, 0.717) is 35.5 Å². The number of hydrogen-bond acceptors (Lipinski definition) is 4. The molecule has 8 rings (SSSR count). The maximum Gasteiger partial charge on any atom is 0.229 e. The molecule has 1 aromatic heterocycles. The fourth-order valence-corrected chi connectivity index (χ4v) is 14.9. The van der Waals surface area contributed by atoms with Crippen LogP contribution in [0.2, 0.25) is 0 Å². The molecule has 0 radical (unpaired) electrons. The Kier molecular flexibility index (Phi) is 8.55. The number of aliphatic hydroxyl groups excluding tert-OH is 1. The third-order valence-electron chi connectivity index (χ3n) is 17.7. The van der Waals surface area contributed by atoms with Gasteiger partial charge in [-0.05, 0) is 161 Å². The number of likely N-dealkylation sites (tertiary alicyclic amines) is 1. The minimum atomic E-state index is -0.307. The zero-order valence-corrected chi connectivity index (χ0v) is 33.3. The summed E-state index contributed by atoms with van der Waals surface area (Å²) in [7, 11) is 4.28. The first kappa shape index (κ1) is 35.8. The van der Waals surface area contributed by atoms with E-state index in [4.69, 9.17) is 4.98 Å². The van der Waals surface area contributed by atoms with Gasteiger partial charge >= 0.3 is 0 Å². The molecule has 2 aromatic rings. The van der Waals surface area contributed by atoms with Crippen molar-refractivity contribution in [3.63, 3.8) is 0 Å². The van der Waals surface area contributed by atoms with Gasteiger partial charge in [-0.3, -0.25) is 4.79 Å². The number of nitrogens with zero attached hydrogens (tertiary/aromatic N) is 4. The lowest BCUT2D eigenvalue weighted by Crippen LogP contribution is -2.67. The van der Waals surface area contributed by atoms with Crippen LogP contribution in [0.5, 0.6) is 0 Å². The van der Waals surface area contributed by atoms with E-state index in [0.717, 1.165) is 82.3 Å². The molecule has 6 fully saturated rings. The molecular weight excluding hydrogens is 629 g/mol. The van der Waals surface area contributed by atoms with Gasteiger partial charge in [-0.15, -0.1) is 0 Å². The van der Waals surface area contributed by atoms with Crippen LogP contribution in [0.4, 0.5) is 0 Å². The third-order valence-corrected chi connectivity index (χ3v) is 17.7. The van der Waals surface area contributed by atoms with Crippen LogP contribution in [0, 0.1) is 56.7 Å². The Hall–Kier alpha value is -2.18. The van der Waals surface area contributed by atoms with Gasteiger partial charge in [0.15, 0.2) is 0 Å². The molecule has 6 heteroatoms. The van der Waals surface area contributed by atoms with E-state index in [-0.39, 0.29) is 39.2 Å². The van der Waals surface area contributed by atoms with E-state index in [1.54, 1.807) is 0 Å². The Balaban J connectivity index is 1.15. The first-order valence-electron chi connectivity index (χ1n) is 20.8. The molecule has 11 atom stereocenters. The number of hydrogen-bond donors (Lipinski definition) is 1. The highest BCUT2D eigenvalue weighted by molar-refractivity contribution is 5.85. The van der Waals surface area contributed by atoms with Crippen LogP contribution < -0.4 is 0 Å². The van der Waals surface area contributed by atoms with Crippen LogP contribution in [0.25, 0.3) is 11.0 Å². The summed E-state index contributed by atoms with van der Waals surface area (Å²) in [5, 5.41) is 11.2. The lowest BCUT2D eigenvalue weighted by Gasteiger charge is -2.73. The van der Waals surface area contributed by atoms with Crippen molar-refractivity contribution >= 4 is 16.9 Å². The number of rotatable bonds is 6. The van der Waals surface area contributed by atoms with E-state index in [1.165, 1.54) is 36.8 Å². The summed E-state index contributed by atoms with van der Waals surface area (Å²) in [4.78, 5) is 25.5. The Morgan fingerprint density at radius 3 is 2.43 bits per heavy atom. The SMILES string of the molecule is C=C(C)[C@@H]1CCC2(C(=O)N3CCC[C@H]3c3nc4ccccc4n3CCN(C)C)CCC3(C)[C@H](CC[C@@H]4[C@@]5(C)CC[C@H](O)C(C)(C)[C@@H]5CC[C@]43C)[C@@H]12. The maximum atomic E-state index is 15.7. The highest BCUT2D eigenvalue weighted by Crippen LogP contribution is 2.77. The molecule has 2 heterocycles. The second kappa shape index (κ2) is 12.2. The van der Waals surface area contributed by atoms with Crippen LogP contribution >= 0.6 is 0 Å². The number of carbonyl (C=O) groups excluding carboxylic acids is 1. The molecule has 5 aliphatic carbocycles. The second-order valence-corrected chi connectivity index (χ2v) is 20.3. The van der Waals surface area contributed by atoms with Crippen molar-refractivity contribution in [1.29, 1.82) is 0 Å². The minimum Gasteiger partial charge on any atom is -0.393 e. The molecule has 1 aliphatic heterocycles. The van der Waals surface area contributed by atoms with Crippen molar-refractivity contribution in [1.82, 2.24) is 19.4 Å². The molecule has 280 valence electrons. The second-order valence-electron chi connectivity index (χ2n) is 20.3. The van der Waals surface area contributed by atoms with Crippen molar-refractivity contribution in [3.05, 3.63) is 42.2 Å². The first-order chi connectivity index (χ1) is 24.1. The summed E-state index contributed by atoms with van der Waals surface area (Å²) in [6, 6.07) is 8.59. The zero-order chi connectivity index (χ0) is 36.3. The highest BCUT2D eigenvalue weighted by atomic mass is 16.3. The van der Waals surface area contributed by atoms with Crippen LogP contribution in [-0.4, -0.2) is 63.7 Å². The van der Waals surface area contributed by atoms with Crippen LogP contribution in [-0.2, 0) is 11.3 Å². The third kappa shape index (κ3) is 4.92. The van der Waals surface area contributed by atoms with Gasteiger partial charge in [-0.2, -0.15) is 0 Å². The van der Waals surface area contributed by atoms with Crippen molar-refractivity contribution < 1.29 is 9.90 Å². The molecule has 1 amide bonds.